The van der Waals surface area contributed by atoms with E-state index in [-0.39, 0.29) is 5.54 Å². The molecule has 2 N–H and O–H groups in total. The Morgan fingerprint density at radius 1 is 1.07 bits per heavy atom. The molecule has 1 rings (SSSR count). The lowest BCUT2D eigenvalue weighted by atomic mass is 9.90. The summed E-state index contributed by atoms with van der Waals surface area (Å²) in [6, 6.07) is 0. The molecule has 0 amide bonds. The van der Waals surface area contributed by atoms with Crippen LogP contribution in [0.5, 0.6) is 0 Å². The second-order valence-electron chi connectivity index (χ2n) is 6.15. The molecule has 0 saturated heterocycles. The Bertz CT molecular complexity index is 183. The first-order chi connectivity index (χ1) is 6.94. The van der Waals surface area contributed by atoms with Gasteiger partial charge in [-0.25, -0.2) is 0 Å². The maximum Gasteiger partial charge on any atom is 0.00966 e. The first kappa shape index (κ1) is 13.0. The zero-order valence-electron chi connectivity index (χ0n) is 11.1. The zero-order valence-corrected chi connectivity index (χ0v) is 11.1. The van der Waals surface area contributed by atoms with Crippen LogP contribution >= 0.6 is 0 Å². The van der Waals surface area contributed by atoms with Crippen molar-refractivity contribution >= 4 is 0 Å². The molecule has 3 unspecified atom stereocenters. The highest BCUT2D eigenvalue weighted by atomic mass is 14.9. The summed E-state index contributed by atoms with van der Waals surface area (Å²) in [7, 11) is 2.06. The average molecular weight is 212 g/mol. The SMILES string of the molecule is CNCC1CCC(CNC(C)(C)C)C1C. The van der Waals surface area contributed by atoms with Crippen molar-refractivity contribution in [3.63, 3.8) is 0 Å². The van der Waals surface area contributed by atoms with E-state index in [4.69, 9.17) is 0 Å². The van der Waals surface area contributed by atoms with E-state index in [9.17, 15) is 0 Å². The van der Waals surface area contributed by atoms with Crippen LogP contribution in [0.25, 0.3) is 0 Å². The van der Waals surface area contributed by atoms with Crippen LogP contribution in [0.3, 0.4) is 0 Å². The van der Waals surface area contributed by atoms with Gasteiger partial charge in [-0.3, -0.25) is 0 Å². The van der Waals surface area contributed by atoms with Gasteiger partial charge in [0.2, 0.25) is 0 Å². The predicted molar refractivity (Wildman–Crippen MR) is 67.1 cm³/mol. The Hall–Kier alpha value is -0.0800. The van der Waals surface area contributed by atoms with Crippen LogP contribution in [0.2, 0.25) is 0 Å². The fraction of sp³-hybridized carbons (Fsp3) is 1.00. The molecule has 3 atom stereocenters. The van der Waals surface area contributed by atoms with E-state index in [0.29, 0.717) is 0 Å². The maximum atomic E-state index is 3.64. The Balaban J connectivity index is 2.33. The molecule has 1 fully saturated rings. The van der Waals surface area contributed by atoms with Gasteiger partial charge in [-0.05, 0) is 71.5 Å². The summed E-state index contributed by atoms with van der Waals surface area (Å²) in [6.07, 6.45) is 2.80. The lowest BCUT2D eigenvalue weighted by Gasteiger charge is -2.26. The molecule has 1 aliphatic rings. The van der Waals surface area contributed by atoms with Crippen molar-refractivity contribution in [2.45, 2.75) is 46.1 Å². The van der Waals surface area contributed by atoms with Gasteiger partial charge >= 0.3 is 0 Å². The normalized spacial score (nSPS) is 32.2. The molecule has 2 heteroatoms. The molecular weight excluding hydrogens is 184 g/mol. The maximum absolute atomic E-state index is 3.64. The topological polar surface area (TPSA) is 24.1 Å². The number of nitrogens with one attached hydrogen (secondary N) is 2. The van der Waals surface area contributed by atoms with Gasteiger partial charge < -0.3 is 10.6 Å². The average Bonchev–Trinajstić information content (AvgIpc) is 2.45. The van der Waals surface area contributed by atoms with Crippen molar-refractivity contribution in [3.8, 4) is 0 Å². The second kappa shape index (κ2) is 5.31. The van der Waals surface area contributed by atoms with Crippen molar-refractivity contribution < 1.29 is 0 Å². The lowest BCUT2D eigenvalue weighted by molar-refractivity contribution is 0.294. The van der Waals surface area contributed by atoms with Crippen molar-refractivity contribution in [3.05, 3.63) is 0 Å². The van der Waals surface area contributed by atoms with Gasteiger partial charge in [-0.15, -0.1) is 0 Å². The van der Waals surface area contributed by atoms with E-state index in [1.807, 2.05) is 0 Å². The third-order valence-electron chi connectivity index (χ3n) is 3.76. The standard InChI is InChI=1S/C13H28N2/c1-10-11(8-14-5)6-7-12(10)9-15-13(2,3)4/h10-12,14-15H,6-9H2,1-5H3. The van der Waals surface area contributed by atoms with E-state index >= 15 is 0 Å². The molecule has 0 aliphatic heterocycles. The smallest absolute Gasteiger partial charge is 0.00966 e. The molecule has 15 heavy (non-hydrogen) atoms. The van der Waals surface area contributed by atoms with Crippen LogP contribution in [0.15, 0.2) is 0 Å². The fourth-order valence-corrected chi connectivity index (χ4v) is 2.61. The number of hydrogen-bond donors (Lipinski definition) is 2. The van der Waals surface area contributed by atoms with Gasteiger partial charge in [0.05, 0.1) is 0 Å². The van der Waals surface area contributed by atoms with E-state index in [1.165, 1.54) is 25.9 Å². The molecule has 0 aromatic rings. The first-order valence-electron chi connectivity index (χ1n) is 6.33. The Morgan fingerprint density at radius 3 is 2.07 bits per heavy atom. The molecule has 0 radical (unpaired) electrons. The quantitative estimate of drug-likeness (QED) is 0.747. The molecule has 1 aliphatic carbocycles. The van der Waals surface area contributed by atoms with Gasteiger partial charge in [-0.1, -0.05) is 6.92 Å². The summed E-state index contributed by atoms with van der Waals surface area (Å²) in [6.45, 7) is 11.5. The summed E-state index contributed by atoms with van der Waals surface area (Å²) < 4.78 is 0. The van der Waals surface area contributed by atoms with Crippen molar-refractivity contribution in [1.82, 2.24) is 10.6 Å². The minimum Gasteiger partial charge on any atom is -0.319 e. The van der Waals surface area contributed by atoms with Crippen molar-refractivity contribution in [2.24, 2.45) is 17.8 Å². The van der Waals surface area contributed by atoms with E-state index in [1.54, 1.807) is 0 Å². The van der Waals surface area contributed by atoms with Gasteiger partial charge in [0.25, 0.3) is 0 Å². The molecule has 90 valence electrons. The highest BCUT2D eigenvalue weighted by molar-refractivity contribution is 4.85. The van der Waals surface area contributed by atoms with Gasteiger partial charge in [-0.2, -0.15) is 0 Å². The van der Waals surface area contributed by atoms with E-state index in [0.717, 1.165) is 17.8 Å². The Kier molecular flexibility index (Phi) is 4.60. The minimum atomic E-state index is 0.265. The molecule has 0 bridgehead atoms. The van der Waals surface area contributed by atoms with Crippen LogP contribution in [-0.4, -0.2) is 25.7 Å². The zero-order chi connectivity index (χ0) is 11.5. The molecule has 0 heterocycles. The van der Waals surface area contributed by atoms with Crippen molar-refractivity contribution in [1.29, 1.82) is 0 Å². The minimum absolute atomic E-state index is 0.265. The van der Waals surface area contributed by atoms with Gasteiger partial charge in [0, 0.05) is 5.54 Å². The molecular formula is C13H28N2. The van der Waals surface area contributed by atoms with Crippen LogP contribution < -0.4 is 10.6 Å². The molecule has 0 spiro atoms. The first-order valence-corrected chi connectivity index (χ1v) is 6.33. The van der Waals surface area contributed by atoms with Gasteiger partial charge in [0.1, 0.15) is 0 Å². The van der Waals surface area contributed by atoms with Crippen molar-refractivity contribution in [2.75, 3.05) is 20.1 Å². The molecule has 1 saturated carbocycles. The third kappa shape index (κ3) is 4.12. The summed E-state index contributed by atoms with van der Waals surface area (Å²) in [4.78, 5) is 0. The largest absolute Gasteiger partial charge is 0.319 e. The molecule has 2 nitrogen and oxygen atoms in total. The Morgan fingerprint density at radius 2 is 1.60 bits per heavy atom. The van der Waals surface area contributed by atoms with Crippen LogP contribution in [0.4, 0.5) is 0 Å². The predicted octanol–water partition coefficient (Wildman–Crippen LogP) is 2.26. The third-order valence-corrected chi connectivity index (χ3v) is 3.76. The number of rotatable bonds is 4. The summed E-state index contributed by atoms with van der Waals surface area (Å²) in [5.41, 5.74) is 0.265. The summed E-state index contributed by atoms with van der Waals surface area (Å²) in [5, 5.41) is 6.95. The molecule has 0 aromatic heterocycles. The van der Waals surface area contributed by atoms with E-state index < -0.39 is 0 Å². The van der Waals surface area contributed by atoms with E-state index in [2.05, 4.69) is 45.4 Å². The highest BCUT2D eigenvalue weighted by Crippen LogP contribution is 2.36. The summed E-state index contributed by atoms with van der Waals surface area (Å²) in [5.74, 6) is 2.64. The number of hydrogen-bond acceptors (Lipinski definition) is 2. The Labute approximate surface area is 95.2 Å². The molecule has 0 aromatic carbocycles. The highest BCUT2D eigenvalue weighted by Gasteiger charge is 2.32. The summed E-state index contributed by atoms with van der Waals surface area (Å²) >= 11 is 0. The van der Waals surface area contributed by atoms with Crippen LogP contribution in [0, 0.1) is 17.8 Å². The monoisotopic (exact) mass is 212 g/mol. The lowest BCUT2D eigenvalue weighted by Crippen LogP contribution is -2.40. The van der Waals surface area contributed by atoms with Crippen LogP contribution in [0.1, 0.15) is 40.5 Å². The van der Waals surface area contributed by atoms with Crippen LogP contribution in [-0.2, 0) is 0 Å². The second-order valence-corrected chi connectivity index (χ2v) is 6.15. The van der Waals surface area contributed by atoms with Gasteiger partial charge in [0.15, 0.2) is 0 Å². The fourth-order valence-electron chi connectivity index (χ4n) is 2.61.